The Bertz CT molecular complexity index is 779. The van der Waals surface area contributed by atoms with E-state index in [-0.39, 0.29) is 19.0 Å². The number of esters is 1. The van der Waals surface area contributed by atoms with Crippen LogP contribution in [0.4, 0.5) is 0 Å². The van der Waals surface area contributed by atoms with Crippen LogP contribution >= 0.6 is 11.8 Å². The Hall–Kier alpha value is -2.80. The smallest absolute Gasteiger partial charge is 0.309 e. The summed E-state index contributed by atoms with van der Waals surface area (Å²) in [5.74, 6) is 1.13. The van der Waals surface area contributed by atoms with Crippen molar-refractivity contribution in [3.8, 4) is 5.75 Å². The largest absolute Gasteiger partial charge is 0.493 e. The van der Waals surface area contributed by atoms with E-state index in [0.717, 1.165) is 11.3 Å². The van der Waals surface area contributed by atoms with Crippen molar-refractivity contribution in [2.45, 2.75) is 19.1 Å². The highest BCUT2D eigenvalue weighted by atomic mass is 32.2. The fourth-order valence-corrected chi connectivity index (χ4v) is 2.69. The maximum atomic E-state index is 11.3. The molecule has 0 radical (unpaired) electrons. The molecule has 6 nitrogen and oxygen atoms in total. The van der Waals surface area contributed by atoms with Crippen LogP contribution in [0.3, 0.4) is 0 Å². The van der Waals surface area contributed by atoms with E-state index in [1.54, 1.807) is 13.1 Å². The number of rotatable bonds is 9. The van der Waals surface area contributed by atoms with Crippen LogP contribution in [0.25, 0.3) is 0 Å². The number of thioether (sulfide) groups is 1. The number of hydrogen-bond donors (Lipinski definition) is 1. The maximum absolute atomic E-state index is 11.3. The van der Waals surface area contributed by atoms with Gasteiger partial charge in [-0.25, -0.2) is 0 Å². The molecular weight excluding hydrogens is 362 g/mol. The first-order valence-corrected chi connectivity index (χ1v) is 9.57. The van der Waals surface area contributed by atoms with Crippen molar-refractivity contribution in [1.82, 2.24) is 0 Å². The summed E-state index contributed by atoms with van der Waals surface area (Å²) in [7, 11) is 0. The molecule has 2 aromatic rings. The number of benzene rings is 2. The normalized spacial score (nSPS) is 11.5. The van der Waals surface area contributed by atoms with Gasteiger partial charge in [0.25, 0.3) is 0 Å². The topological polar surface area (TPSA) is 86.3 Å². The van der Waals surface area contributed by atoms with Crippen molar-refractivity contribution in [3.63, 3.8) is 0 Å². The summed E-state index contributed by atoms with van der Waals surface area (Å²) >= 11 is 1.43. The van der Waals surface area contributed by atoms with E-state index in [1.165, 1.54) is 17.3 Å². The highest BCUT2D eigenvalue weighted by Gasteiger charge is 2.02. The zero-order valence-corrected chi connectivity index (χ0v) is 16.0. The van der Waals surface area contributed by atoms with Gasteiger partial charge in [-0.15, -0.1) is 5.10 Å². The third kappa shape index (κ3) is 8.42. The van der Waals surface area contributed by atoms with Crippen LogP contribution in [0.2, 0.25) is 0 Å². The molecule has 0 amide bonds. The molecule has 0 heterocycles. The lowest BCUT2D eigenvalue weighted by molar-refractivity contribution is -0.143. The Labute approximate surface area is 163 Å². The molecule has 0 spiro atoms. The number of nitrogens with two attached hydrogens (primary N) is 1. The third-order valence-electron chi connectivity index (χ3n) is 3.33. The summed E-state index contributed by atoms with van der Waals surface area (Å²) in [4.78, 5) is 11.3. The highest BCUT2D eigenvalue weighted by molar-refractivity contribution is 8.13. The van der Waals surface area contributed by atoms with Gasteiger partial charge in [0.2, 0.25) is 0 Å². The highest BCUT2D eigenvalue weighted by Crippen LogP contribution is 2.13. The second-order valence-corrected chi connectivity index (χ2v) is 6.43. The molecule has 0 atom stereocenters. The molecule has 27 heavy (non-hydrogen) atoms. The summed E-state index contributed by atoms with van der Waals surface area (Å²) in [5, 5.41) is 8.41. The summed E-state index contributed by atoms with van der Waals surface area (Å²) in [6.07, 6.45) is 1.82. The van der Waals surface area contributed by atoms with Crippen LogP contribution in [0.15, 0.2) is 64.8 Å². The number of nitrogens with zero attached hydrogens (tertiary/aromatic N) is 2. The molecule has 0 bridgehead atoms. The molecule has 0 aliphatic heterocycles. The third-order valence-corrected chi connectivity index (χ3v) is 4.19. The van der Waals surface area contributed by atoms with Crippen LogP contribution < -0.4 is 10.5 Å². The molecule has 0 saturated heterocycles. The quantitative estimate of drug-likeness (QED) is 0.308. The molecule has 0 aromatic heterocycles. The molecular formula is C20H23N3O3S. The molecule has 0 aliphatic rings. The van der Waals surface area contributed by atoms with Gasteiger partial charge in [-0.05, 0) is 30.2 Å². The zero-order chi connectivity index (χ0) is 19.3. The molecule has 2 rings (SSSR count). The fraction of sp³-hybridized carbons (Fsp3) is 0.250. The van der Waals surface area contributed by atoms with Gasteiger partial charge < -0.3 is 15.2 Å². The van der Waals surface area contributed by atoms with Gasteiger partial charge in [-0.1, -0.05) is 54.2 Å². The Morgan fingerprint density at radius 3 is 2.78 bits per heavy atom. The lowest BCUT2D eigenvalue weighted by Gasteiger charge is -2.06. The van der Waals surface area contributed by atoms with Crippen LogP contribution in [0.5, 0.6) is 5.75 Å². The van der Waals surface area contributed by atoms with Gasteiger partial charge in [0.1, 0.15) is 5.75 Å². The summed E-state index contributed by atoms with van der Waals surface area (Å²) < 4.78 is 10.4. The standard InChI is InChI=1S/C20H23N3O3S/c1-2-25-19(24)11-12-26-18-10-6-9-17(13-18)14-22-23-20(21)27-15-16-7-4-3-5-8-16/h3-10,13-14H,2,11-12,15H2,1H3,(H2,21,23). The average Bonchev–Trinajstić information content (AvgIpc) is 2.68. The van der Waals surface area contributed by atoms with E-state index in [2.05, 4.69) is 10.2 Å². The number of carbonyl (C=O) groups excluding carboxylic acids is 1. The Balaban J connectivity index is 1.81. The fourth-order valence-electron chi connectivity index (χ4n) is 2.08. The maximum Gasteiger partial charge on any atom is 0.309 e. The van der Waals surface area contributed by atoms with Crippen LogP contribution in [0, 0.1) is 0 Å². The van der Waals surface area contributed by atoms with E-state index in [4.69, 9.17) is 15.2 Å². The second kappa shape index (κ2) is 11.7. The summed E-state index contributed by atoms with van der Waals surface area (Å²) in [5.41, 5.74) is 7.87. The van der Waals surface area contributed by atoms with Gasteiger partial charge in [0.15, 0.2) is 5.17 Å². The lowest BCUT2D eigenvalue weighted by Crippen LogP contribution is -2.09. The Morgan fingerprint density at radius 1 is 1.19 bits per heavy atom. The van der Waals surface area contributed by atoms with Gasteiger partial charge in [0, 0.05) is 5.75 Å². The van der Waals surface area contributed by atoms with Crippen molar-refractivity contribution in [1.29, 1.82) is 0 Å². The van der Waals surface area contributed by atoms with Crippen molar-refractivity contribution in [3.05, 3.63) is 65.7 Å². The SMILES string of the molecule is CCOC(=O)CCOc1cccc(C=NN=C(N)SCc2ccccc2)c1. The summed E-state index contributed by atoms with van der Waals surface area (Å²) in [6.45, 7) is 2.41. The monoisotopic (exact) mass is 385 g/mol. The number of amidine groups is 1. The van der Waals surface area contributed by atoms with Crippen molar-refractivity contribution in [2.75, 3.05) is 13.2 Å². The second-order valence-electron chi connectivity index (χ2n) is 5.43. The molecule has 2 aromatic carbocycles. The Kier molecular flexibility index (Phi) is 8.92. The predicted octanol–water partition coefficient (Wildman–Crippen LogP) is 3.60. The lowest BCUT2D eigenvalue weighted by atomic mass is 10.2. The first kappa shape index (κ1) is 20.5. The number of ether oxygens (including phenoxy) is 2. The van der Waals surface area contributed by atoms with E-state index >= 15 is 0 Å². The Morgan fingerprint density at radius 2 is 2.00 bits per heavy atom. The molecule has 142 valence electrons. The zero-order valence-electron chi connectivity index (χ0n) is 15.2. The summed E-state index contributed by atoms with van der Waals surface area (Å²) in [6, 6.07) is 17.4. The minimum absolute atomic E-state index is 0.214. The van der Waals surface area contributed by atoms with Gasteiger partial charge in [0.05, 0.1) is 25.8 Å². The molecule has 0 aliphatic carbocycles. The first-order valence-electron chi connectivity index (χ1n) is 8.59. The van der Waals surface area contributed by atoms with E-state index in [0.29, 0.717) is 17.5 Å². The van der Waals surface area contributed by atoms with E-state index in [9.17, 15) is 4.79 Å². The first-order chi connectivity index (χ1) is 13.2. The predicted molar refractivity (Wildman–Crippen MR) is 110 cm³/mol. The van der Waals surface area contributed by atoms with Crippen LogP contribution in [-0.4, -0.2) is 30.6 Å². The minimum Gasteiger partial charge on any atom is -0.493 e. The average molecular weight is 385 g/mol. The van der Waals surface area contributed by atoms with Gasteiger partial charge >= 0.3 is 5.97 Å². The molecule has 0 fully saturated rings. The van der Waals surface area contributed by atoms with Crippen molar-refractivity contribution in [2.24, 2.45) is 15.9 Å². The van der Waals surface area contributed by atoms with Crippen molar-refractivity contribution >= 4 is 29.1 Å². The van der Waals surface area contributed by atoms with E-state index in [1.807, 2.05) is 54.6 Å². The van der Waals surface area contributed by atoms with E-state index < -0.39 is 0 Å². The molecule has 2 N–H and O–H groups in total. The molecule has 0 saturated carbocycles. The van der Waals surface area contributed by atoms with Gasteiger partial charge in [-0.3, -0.25) is 4.79 Å². The molecule has 0 unspecified atom stereocenters. The molecule has 7 heteroatoms. The minimum atomic E-state index is -0.270. The number of carbonyl (C=O) groups is 1. The van der Waals surface area contributed by atoms with Crippen LogP contribution in [0.1, 0.15) is 24.5 Å². The van der Waals surface area contributed by atoms with Gasteiger partial charge in [-0.2, -0.15) is 5.10 Å². The van der Waals surface area contributed by atoms with Crippen LogP contribution in [-0.2, 0) is 15.3 Å². The number of hydrogen-bond acceptors (Lipinski definition) is 6. The van der Waals surface area contributed by atoms with Crippen molar-refractivity contribution < 1.29 is 14.3 Å².